The Morgan fingerprint density at radius 1 is 1.38 bits per heavy atom. The van der Waals surface area contributed by atoms with Crippen LogP contribution in [0.3, 0.4) is 0 Å². The van der Waals surface area contributed by atoms with Crippen LogP contribution in [0.15, 0.2) is 0 Å². The van der Waals surface area contributed by atoms with Crippen molar-refractivity contribution in [1.29, 1.82) is 0 Å². The monoisotopic (exact) mass is 229 g/mol. The Morgan fingerprint density at radius 3 is 2.56 bits per heavy atom. The molecule has 1 aliphatic heterocycles. The molecule has 1 heterocycles. The highest BCUT2D eigenvalue weighted by Crippen LogP contribution is 2.21. The Morgan fingerprint density at radius 2 is 2.00 bits per heavy atom. The van der Waals surface area contributed by atoms with E-state index >= 15 is 0 Å². The van der Waals surface area contributed by atoms with Gasteiger partial charge in [-0.1, -0.05) is 0 Å². The molecule has 1 N–H and O–H groups in total. The molecule has 1 atom stereocenters. The van der Waals surface area contributed by atoms with Crippen LogP contribution in [0.5, 0.6) is 0 Å². The molecule has 0 aromatic heterocycles. The van der Waals surface area contributed by atoms with E-state index in [1.54, 1.807) is 7.11 Å². The molecule has 1 fully saturated rings. The summed E-state index contributed by atoms with van der Waals surface area (Å²) < 4.78 is 10.6. The first-order valence-corrected chi connectivity index (χ1v) is 6.38. The fraction of sp³-hybridized carbons (Fsp3) is 1.00. The van der Waals surface area contributed by atoms with Crippen LogP contribution in [0.2, 0.25) is 0 Å². The van der Waals surface area contributed by atoms with E-state index in [2.05, 4.69) is 26.1 Å². The van der Waals surface area contributed by atoms with Crippen molar-refractivity contribution in [3.63, 3.8) is 0 Å². The second kappa shape index (κ2) is 6.58. The molecule has 1 aliphatic rings. The van der Waals surface area contributed by atoms with E-state index in [9.17, 15) is 0 Å². The summed E-state index contributed by atoms with van der Waals surface area (Å²) in [7, 11) is 1.76. The van der Waals surface area contributed by atoms with E-state index in [0.29, 0.717) is 6.04 Å². The molecule has 16 heavy (non-hydrogen) atoms. The van der Waals surface area contributed by atoms with Crippen molar-refractivity contribution in [1.82, 2.24) is 5.32 Å². The molecular weight excluding hydrogens is 202 g/mol. The molecule has 0 saturated carbocycles. The molecule has 0 bridgehead atoms. The molecule has 3 nitrogen and oxygen atoms in total. The van der Waals surface area contributed by atoms with Crippen LogP contribution in [0, 0.1) is 5.92 Å². The summed E-state index contributed by atoms with van der Waals surface area (Å²) in [6.45, 7) is 9.30. The smallest absolute Gasteiger partial charge is 0.0639 e. The van der Waals surface area contributed by atoms with Crippen LogP contribution in [0.25, 0.3) is 0 Å². The van der Waals surface area contributed by atoms with Gasteiger partial charge in [0.05, 0.1) is 6.61 Å². The third-order valence-electron chi connectivity index (χ3n) is 3.17. The fourth-order valence-corrected chi connectivity index (χ4v) is 2.61. The lowest BCUT2D eigenvalue weighted by atomic mass is 9.92. The van der Waals surface area contributed by atoms with Gasteiger partial charge in [-0.15, -0.1) is 0 Å². The summed E-state index contributed by atoms with van der Waals surface area (Å²) in [4.78, 5) is 0. The summed E-state index contributed by atoms with van der Waals surface area (Å²) in [5.74, 6) is 0.828. The third kappa shape index (κ3) is 5.28. The zero-order chi connectivity index (χ0) is 12.0. The van der Waals surface area contributed by atoms with E-state index in [0.717, 1.165) is 25.7 Å². The van der Waals surface area contributed by atoms with Gasteiger partial charge in [0.1, 0.15) is 0 Å². The average molecular weight is 229 g/mol. The first-order chi connectivity index (χ1) is 7.53. The molecule has 0 radical (unpaired) electrons. The molecule has 0 aromatic carbocycles. The number of rotatable bonds is 6. The molecule has 0 spiro atoms. The van der Waals surface area contributed by atoms with Crippen molar-refractivity contribution in [2.45, 2.75) is 51.6 Å². The average Bonchev–Trinajstić information content (AvgIpc) is 2.17. The van der Waals surface area contributed by atoms with E-state index in [1.807, 2.05) is 0 Å². The molecule has 0 amide bonds. The molecule has 0 aliphatic carbocycles. The minimum absolute atomic E-state index is 0.0688. The number of hydrogen-bond donors (Lipinski definition) is 1. The van der Waals surface area contributed by atoms with E-state index in [4.69, 9.17) is 9.47 Å². The van der Waals surface area contributed by atoms with Gasteiger partial charge < -0.3 is 14.8 Å². The highest BCUT2D eigenvalue weighted by molar-refractivity contribution is 4.81. The van der Waals surface area contributed by atoms with Crippen LogP contribution < -0.4 is 5.32 Å². The Balaban J connectivity index is 2.25. The SMILES string of the molecule is COCC(C)(C)NC(C)CC1CCOCC1. The second-order valence-electron chi connectivity index (χ2n) is 5.65. The predicted molar refractivity (Wildman–Crippen MR) is 66.7 cm³/mol. The number of nitrogens with one attached hydrogen (secondary N) is 1. The number of hydrogen-bond acceptors (Lipinski definition) is 3. The number of ether oxygens (including phenoxy) is 2. The van der Waals surface area contributed by atoms with Crippen molar-refractivity contribution >= 4 is 0 Å². The lowest BCUT2D eigenvalue weighted by Gasteiger charge is -2.32. The van der Waals surface area contributed by atoms with Crippen LogP contribution >= 0.6 is 0 Å². The van der Waals surface area contributed by atoms with Crippen LogP contribution in [-0.2, 0) is 9.47 Å². The van der Waals surface area contributed by atoms with Gasteiger partial charge in [-0.3, -0.25) is 0 Å². The van der Waals surface area contributed by atoms with Gasteiger partial charge in [0, 0.05) is 31.9 Å². The van der Waals surface area contributed by atoms with E-state index in [1.165, 1.54) is 19.3 Å². The zero-order valence-corrected chi connectivity index (χ0v) is 11.2. The fourth-order valence-electron chi connectivity index (χ4n) is 2.61. The van der Waals surface area contributed by atoms with Crippen LogP contribution in [0.1, 0.15) is 40.0 Å². The Kier molecular flexibility index (Phi) is 5.73. The first kappa shape index (κ1) is 13.9. The van der Waals surface area contributed by atoms with Crippen molar-refractivity contribution in [2.24, 2.45) is 5.92 Å². The maximum Gasteiger partial charge on any atom is 0.0639 e. The van der Waals surface area contributed by atoms with Crippen LogP contribution in [0.4, 0.5) is 0 Å². The summed E-state index contributed by atoms with van der Waals surface area (Å²) in [5.41, 5.74) is 0.0688. The molecule has 3 heteroatoms. The highest BCUT2D eigenvalue weighted by atomic mass is 16.5. The highest BCUT2D eigenvalue weighted by Gasteiger charge is 2.22. The van der Waals surface area contributed by atoms with Crippen molar-refractivity contribution < 1.29 is 9.47 Å². The van der Waals surface area contributed by atoms with Crippen molar-refractivity contribution in [2.75, 3.05) is 26.9 Å². The third-order valence-corrected chi connectivity index (χ3v) is 3.17. The minimum Gasteiger partial charge on any atom is -0.383 e. The van der Waals surface area contributed by atoms with Gasteiger partial charge in [-0.25, -0.2) is 0 Å². The maximum atomic E-state index is 5.38. The Bertz CT molecular complexity index is 188. The number of methoxy groups -OCH3 is 1. The molecule has 1 unspecified atom stereocenters. The van der Waals surface area contributed by atoms with E-state index < -0.39 is 0 Å². The Hall–Kier alpha value is -0.120. The normalized spacial score (nSPS) is 21.0. The van der Waals surface area contributed by atoms with Gasteiger partial charge in [0.25, 0.3) is 0 Å². The summed E-state index contributed by atoms with van der Waals surface area (Å²) in [6.07, 6.45) is 3.68. The lowest BCUT2D eigenvalue weighted by molar-refractivity contribution is 0.0578. The van der Waals surface area contributed by atoms with E-state index in [-0.39, 0.29) is 5.54 Å². The summed E-state index contributed by atoms with van der Waals surface area (Å²) in [5, 5.41) is 3.64. The van der Waals surface area contributed by atoms with Gasteiger partial charge in [-0.05, 0) is 46.0 Å². The first-order valence-electron chi connectivity index (χ1n) is 6.38. The second-order valence-corrected chi connectivity index (χ2v) is 5.65. The largest absolute Gasteiger partial charge is 0.383 e. The quantitative estimate of drug-likeness (QED) is 0.757. The lowest BCUT2D eigenvalue weighted by Crippen LogP contribution is -2.48. The summed E-state index contributed by atoms with van der Waals surface area (Å²) in [6, 6.07) is 0.549. The van der Waals surface area contributed by atoms with Crippen LogP contribution in [-0.4, -0.2) is 38.5 Å². The Labute approximate surface area is 99.9 Å². The van der Waals surface area contributed by atoms with Gasteiger partial charge in [0.15, 0.2) is 0 Å². The molecule has 1 saturated heterocycles. The molecule has 1 rings (SSSR count). The minimum atomic E-state index is 0.0688. The van der Waals surface area contributed by atoms with Gasteiger partial charge in [-0.2, -0.15) is 0 Å². The zero-order valence-electron chi connectivity index (χ0n) is 11.2. The standard InChI is InChI=1S/C13H27NO2/c1-11(14-13(2,3)10-15-4)9-12-5-7-16-8-6-12/h11-12,14H,5-10H2,1-4H3. The predicted octanol–water partition coefficient (Wildman–Crippen LogP) is 2.21. The molecule has 96 valence electrons. The van der Waals surface area contributed by atoms with Crippen molar-refractivity contribution in [3.8, 4) is 0 Å². The van der Waals surface area contributed by atoms with Crippen molar-refractivity contribution in [3.05, 3.63) is 0 Å². The maximum absolute atomic E-state index is 5.38. The molecular formula is C13H27NO2. The topological polar surface area (TPSA) is 30.5 Å². The van der Waals surface area contributed by atoms with Gasteiger partial charge >= 0.3 is 0 Å². The summed E-state index contributed by atoms with van der Waals surface area (Å²) >= 11 is 0. The van der Waals surface area contributed by atoms with Gasteiger partial charge in [0.2, 0.25) is 0 Å². The molecule has 0 aromatic rings.